The minimum Gasteiger partial charge on any atom is -0.805 e. The van der Waals surface area contributed by atoms with Gasteiger partial charge in [0, 0.05) is 22.8 Å². The first-order valence-electron chi connectivity index (χ1n) is 6.87. The molecule has 1 aromatic heterocycles. The Kier molecular flexibility index (Phi) is 4.89. The van der Waals surface area contributed by atoms with Crippen LogP contribution in [0, 0.1) is 15.5 Å². The minimum atomic E-state index is -0.635. The van der Waals surface area contributed by atoms with Gasteiger partial charge in [0.15, 0.2) is 5.17 Å². The summed E-state index contributed by atoms with van der Waals surface area (Å²) in [6.07, 6.45) is 0. The van der Waals surface area contributed by atoms with E-state index >= 15 is 0 Å². The van der Waals surface area contributed by atoms with Crippen molar-refractivity contribution in [2.75, 3.05) is 0 Å². The molecule has 0 fully saturated rings. The molecule has 2 rings (SSSR count). The first-order chi connectivity index (χ1) is 10.8. The van der Waals surface area contributed by atoms with Crippen LogP contribution in [0.25, 0.3) is 11.0 Å². The van der Waals surface area contributed by atoms with Gasteiger partial charge in [-0.2, -0.15) is 0 Å². The molecule has 2 aromatic rings. The van der Waals surface area contributed by atoms with E-state index in [1.807, 2.05) is 0 Å². The molecule has 0 saturated heterocycles. The van der Waals surface area contributed by atoms with Gasteiger partial charge in [0.1, 0.15) is 11.2 Å². The molecule has 122 valence electrons. The fourth-order valence-electron chi connectivity index (χ4n) is 2.11. The molecule has 4 N–H and O–H groups in total. The number of para-hydroxylation sites is 2. The molecule has 1 amide bonds. The number of amides is 1. The molecule has 8 nitrogen and oxygen atoms in total. The van der Waals surface area contributed by atoms with Gasteiger partial charge < -0.3 is 21.0 Å². The number of nitrogens with two attached hydrogens (primary N) is 1. The van der Waals surface area contributed by atoms with Gasteiger partial charge in [-0.1, -0.05) is 23.9 Å². The molecule has 0 aliphatic rings. The largest absolute Gasteiger partial charge is 0.805 e. The monoisotopic (exact) mass is 335 g/mol. The van der Waals surface area contributed by atoms with Crippen molar-refractivity contribution in [1.29, 1.82) is 5.41 Å². The second-order valence-electron chi connectivity index (χ2n) is 5.15. The number of fused-ring (bicyclic) bond motifs is 1. The van der Waals surface area contributed by atoms with Crippen LogP contribution in [0.3, 0.4) is 0 Å². The van der Waals surface area contributed by atoms with Crippen molar-refractivity contribution in [2.24, 2.45) is 5.73 Å². The number of nitrogens with zero attached hydrogens (tertiary/aromatic N) is 2. The number of benzene rings is 1. The SMILES string of the molecule is CC(C)NC(=O)c1c(CSC(=N)N)n([O-])c2ccccc2[n+]1=O. The number of hydrogen-bond donors (Lipinski definition) is 3. The minimum absolute atomic E-state index is 0.0305. The maximum absolute atomic E-state index is 12.6. The topological polar surface area (TPSA) is 130 Å². The quantitative estimate of drug-likeness (QED) is 0.438. The summed E-state index contributed by atoms with van der Waals surface area (Å²) in [4.78, 5) is 24.9. The summed E-state index contributed by atoms with van der Waals surface area (Å²) in [6, 6.07) is 6.03. The van der Waals surface area contributed by atoms with Gasteiger partial charge >= 0.3 is 11.6 Å². The third-order valence-corrected chi connectivity index (χ3v) is 3.77. The van der Waals surface area contributed by atoms with Crippen LogP contribution in [-0.4, -0.2) is 21.8 Å². The lowest BCUT2D eigenvalue weighted by atomic mass is 10.2. The van der Waals surface area contributed by atoms with Gasteiger partial charge in [0.2, 0.25) is 0 Å². The van der Waals surface area contributed by atoms with Crippen molar-refractivity contribution >= 4 is 33.9 Å². The van der Waals surface area contributed by atoms with E-state index in [-0.39, 0.29) is 39.4 Å². The number of thioether (sulfide) groups is 1. The average molecular weight is 335 g/mol. The molecule has 0 saturated carbocycles. The second-order valence-corrected chi connectivity index (χ2v) is 6.17. The van der Waals surface area contributed by atoms with Crippen LogP contribution in [0.2, 0.25) is 0 Å². The number of nitrogens with one attached hydrogen (secondary N) is 2. The molecular weight excluding hydrogens is 318 g/mol. The Labute approximate surface area is 136 Å². The highest BCUT2D eigenvalue weighted by atomic mass is 32.2. The zero-order valence-electron chi connectivity index (χ0n) is 12.7. The Morgan fingerprint density at radius 2 is 2.13 bits per heavy atom. The van der Waals surface area contributed by atoms with Gasteiger partial charge in [-0.25, -0.2) is 0 Å². The molecule has 1 aromatic carbocycles. The predicted octanol–water partition coefficient (Wildman–Crippen LogP) is 1.17. The highest BCUT2D eigenvalue weighted by Gasteiger charge is 2.29. The fourth-order valence-corrected chi connectivity index (χ4v) is 2.66. The summed E-state index contributed by atoms with van der Waals surface area (Å²) in [7, 11) is 0. The molecule has 0 spiro atoms. The van der Waals surface area contributed by atoms with E-state index in [2.05, 4.69) is 5.32 Å². The smallest absolute Gasteiger partial charge is 0.347 e. The summed E-state index contributed by atoms with van der Waals surface area (Å²) in [5.41, 5.74) is 5.25. The van der Waals surface area contributed by atoms with Crippen LogP contribution in [0.1, 0.15) is 30.0 Å². The summed E-state index contributed by atoms with van der Waals surface area (Å²) in [5, 5.41) is 22.2. The summed E-state index contributed by atoms with van der Waals surface area (Å²) in [5.74, 6) is -0.684. The Balaban J connectivity index is 2.72. The number of aromatic nitrogens is 2. The van der Waals surface area contributed by atoms with Gasteiger partial charge in [0.05, 0.1) is 4.43 Å². The predicted molar refractivity (Wildman–Crippen MR) is 89.9 cm³/mol. The molecule has 23 heavy (non-hydrogen) atoms. The molecule has 0 aliphatic heterocycles. The fraction of sp³-hybridized carbons (Fsp3) is 0.286. The molecule has 9 heteroatoms. The molecule has 1 heterocycles. The highest BCUT2D eigenvalue weighted by Crippen LogP contribution is 2.19. The lowest BCUT2D eigenvalue weighted by Crippen LogP contribution is -2.40. The zero-order valence-corrected chi connectivity index (χ0v) is 13.5. The first-order valence-corrected chi connectivity index (χ1v) is 7.86. The van der Waals surface area contributed by atoms with Gasteiger partial charge in [-0.05, 0) is 19.9 Å². The number of rotatable bonds is 4. The van der Waals surface area contributed by atoms with Crippen molar-refractivity contribution in [3.05, 3.63) is 45.8 Å². The standard InChI is InChI=1S/C14H17N5O3S/c1-8(2)17-13(20)12-11(7-23-14(15)16)18(21)9-5-3-4-6-10(9)19(12)22/h3-6,8H,7H2,1-2H3,(H3,15,16)(H,17,20). The summed E-state index contributed by atoms with van der Waals surface area (Å²) in [6.45, 7) is 3.51. The van der Waals surface area contributed by atoms with Crippen LogP contribution in [0.4, 0.5) is 0 Å². The van der Waals surface area contributed by atoms with Crippen molar-refractivity contribution < 1.29 is 9.22 Å². The second kappa shape index (κ2) is 6.69. The molecule has 0 aliphatic carbocycles. The van der Waals surface area contributed by atoms with E-state index in [9.17, 15) is 14.9 Å². The number of carbonyl (C=O) groups is 1. The lowest BCUT2D eigenvalue weighted by molar-refractivity contribution is -0.468. The van der Waals surface area contributed by atoms with E-state index in [0.717, 1.165) is 11.8 Å². The first kappa shape index (κ1) is 16.8. The Morgan fingerprint density at radius 1 is 1.48 bits per heavy atom. The molecular formula is C14H17N5O3S. The Hall–Kier alpha value is -2.55. The van der Waals surface area contributed by atoms with Crippen LogP contribution in [-0.2, 0) is 5.75 Å². The highest BCUT2D eigenvalue weighted by molar-refractivity contribution is 8.13. The maximum atomic E-state index is 12.6. The van der Waals surface area contributed by atoms with Crippen molar-refractivity contribution in [3.63, 3.8) is 0 Å². The van der Waals surface area contributed by atoms with Gasteiger partial charge in [0.25, 0.3) is 5.52 Å². The molecule has 0 atom stereocenters. The molecule has 0 radical (unpaired) electrons. The van der Waals surface area contributed by atoms with Crippen molar-refractivity contribution in [2.45, 2.75) is 25.6 Å². The van der Waals surface area contributed by atoms with Crippen LogP contribution in [0.5, 0.6) is 0 Å². The molecule has 0 unspecified atom stereocenters. The van der Waals surface area contributed by atoms with E-state index in [1.54, 1.807) is 26.0 Å². The summed E-state index contributed by atoms with van der Waals surface area (Å²) >= 11 is 0.874. The number of hydrogen-bond acceptors (Lipinski definition) is 5. The third kappa shape index (κ3) is 3.45. The average Bonchev–Trinajstić information content (AvgIpc) is 2.48. The van der Waals surface area contributed by atoms with E-state index in [0.29, 0.717) is 9.16 Å². The lowest BCUT2D eigenvalue weighted by Gasteiger charge is -2.18. The van der Waals surface area contributed by atoms with E-state index in [4.69, 9.17) is 11.1 Å². The number of carbonyl (C=O) groups excluding carboxylic acids is 1. The molecule has 0 bridgehead atoms. The van der Waals surface area contributed by atoms with E-state index < -0.39 is 5.91 Å². The van der Waals surface area contributed by atoms with Crippen molar-refractivity contribution in [3.8, 4) is 0 Å². The summed E-state index contributed by atoms with van der Waals surface area (Å²) < 4.78 is 1.01. The Morgan fingerprint density at radius 3 is 2.74 bits per heavy atom. The zero-order chi connectivity index (χ0) is 17.1. The van der Waals surface area contributed by atoms with Gasteiger partial charge in [-0.15, -0.1) is 0 Å². The van der Waals surface area contributed by atoms with Crippen molar-refractivity contribution in [1.82, 2.24) is 10.0 Å². The van der Waals surface area contributed by atoms with Crippen LogP contribution in [0.15, 0.2) is 24.3 Å². The van der Waals surface area contributed by atoms with E-state index in [1.165, 1.54) is 12.1 Å². The van der Waals surface area contributed by atoms with Gasteiger partial charge in [-0.3, -0.25) is 10.2 Å². The Bertz CT molecular complexity index is 831. The normalized spacial score (nSPS) is 10.9. The van der Waals surface area contributed by atoms with Crippen LogP contribution >= 0.6 is 11.8 Å². The maximum Gasteiger partial charge on any atom is 0.347 e. The third-order valence-electron chi connectivity index (χ3n) is 3.04. The van der Waals surface area contributed by atoms with Crippen LogP contribution < -0.4 is 15.5 Å². The number of amidine groups is 1.